The highest BCUT2D eigenvalue weighted by Gasteiger charge is 2.11. The van der Waals surface area contributed by atoms with Crippen LogP contribution in [0.5, 0.6) is 17.2 Å². The Morgan fingerprint density at radius 1 is 1.04 bits per heavy atom. The van der Waals surface area contributed by atoms with Crippen LogP contribution in [0.3, 0.4) is 0 Å². The lowest BCUT2D eigenvalue weighted by Gasteiger charge is -2.21. The first kappa shape index (κ1) is 19.0. The summed E-state index contributed by atoms with van der Waals surface area (Å²) in [6.45, 7) is 1.57. The predicted octanol–water partition coefficient (Wildman–Crippen LogP) is 2.58. The molecule has 136 valence electrons. The number of hydrogen-bond acceptors (Lipinski definition) is 5. The first-order valence-electron chi connectivity index (χ1n) is 8.09. The average Bonchev–Trinajstić information content (AvgIpc) is 2.61. The third-order valence-electron chi connectivity index (χ3n) is 3.59. The van der Waals surface area contributed by atoms with Gasteiger partial charge in [0, 0.05) is 13.1 Å². The molecule has 0 fully saturated rings. The highest BCUT2D eigenvalue weighted by atomic mass is 19.1. The van der Waals surface area contributed by atoms with Gasteiger partial charge in [-0.05, 0) is 43.4 Å². The molecule has 2 aromatic rings. The molecule has 0 spiro atoms. The Kier molecular flexibility index (Phi) is 7.50. The van der Waals surface area contributed by atoms with E-state index in [4.69, 9.17) is 14.2 Å². The van der Waals surface area contributed by atoms with E-state index in [1.54, 1.807) is 19.2 Å². The molecule has 25 heavy (non-hydrogen) atoms. The monoisotopic (exact) mass is 349 g/mol. The number of halogens is 1. The quantitative estimate of drug-likeness (QED) is 0.714. The first-order valence-corrected chi connectivity index (χ1v) is 8.09. The zero-order valence-corrected chi connectivity index (χ0v) is 14.5. The maximum Gasteiger partial charge on any atom is 0.165 e. The smallest absolute Gasteiger partial charge is 0.165 e. The molecule has 6 heteroatoms. The molecule has 0 aliphatic rings. The van der Waals surface area contributed by atoms with Gasteiger partial charge >= 0.3 is 0 Å². The summed E-state index contributed by atoms with van der Waals surface area (Å²) in [5.41, 5.74) is 0. The van der Waals surface area contributed by atoms with E-state index in [0.717, 1.165) is 11.5 Å². The van der Waals surface area contributed by atoms with Crippen LogP contribution in [0, 0.1) is 5.82 Å². The second-order valence-corrected chi connectivity index (χ2v) is 5.68. The molecule has 0 aliphatic carbocycles. The van der Waals surface area contributed by atoms with Crippen molar-refractivity contribution in [1.29, 1.82) is 0 Å². The van der Waals surface area contributed by atoms with Crippen LogP contribution in [0.2, 0.25) is 0 Å². The van der Waals surface area contributed by atoms with E-state index in [0.29, 0.717) is 19.7 Å². The van der Waals surface area contributed by atoms with Crippen LogP contribution < -0.4 is 14.2 Å². The maximum atomic E-state index is 13.4. The first-order chi connectivity index (χ1) is 12.1. The summed E-state index contributed by atoms with van der Waals surface area (Å²) in [5, 5.41) is 10.0. The second-order valence-electron chi connectivity index (χ2n) is 5.68. The molecule has 2 aromatic carbocycles. The van der Waals surface area contributed by atoms with E-state index in [2.05, 4.69) is 0 Å². The van der Waals surface area contributed by atoms with Crippen molar-refractivity contribution in [3.8, 4) is 17.2 Å². The van der Waals surface area contributed by atoms with E-state index in [1.165, 1.54) is 12.1 Å². The summed E-state index contributed by atoms with van der Waals surface area (Å²) in [5.74, 6) is 1.25. The molecular weight excluding hydrogens is 325 g/mol. The number of ether oxygens (including phenoxy) is 3. The Hall–Kier alpha value is -2.31. The summed E-state index contributed by atoms with van der Waals surface area (Å²) in [6, 6.07) is 13.5. The summed E-state index contributed by atoms with van der Waals surface area (Å²) in [4.78, 5) is 1.93. The Morgan fingerprint density at radius 2 is 1.72 bits per heavy atom. The molecule has 5 nitrogen and oxygen atoms in total. The molecular formula is C19H24FNO4. The summed E-state index contributed by atoms with van der Waals surface area (Å²) >= 11 is 0. The second kappa shape index (κ2) is 9.86. The summed E-state index contributed by atoms with van der Waals surface area (Å²) < 4.78 is 29.5. The normalized spacial score (nSPS) is 12.0. The standard InChI is InChI=1S/C19H24FNO4/c1-21(11-12-24-17-9-7-16(23-2)8-10-17)13-15(22)14-25-19-6-4-3-5-18(19)20/h3-10,15,22H,11-14H2,1-2H3. The number of aliphatic hydroxyl groups is 1. The van der Waals surface area contributed by atoms with Crippen molar-refractivity contribution in [1.82, 2.24) is 4.90 Å². The third kappa shape index (κ3) is 6.60. The molecule has 1 atom stereocenters. The van der Waals surface area contributed by atoms with Gasteiger partial charge in [-0.15, -0.1) is 0 Å². The summed E-state index contributed by atoms with van der Waals surface area (Å²) in [7, 11) is 3.50. The Morgan fingerprint density at radius 3 is 2.40 bits per heavy atom. The maximum absolute atomic E-state index is 13.4. The van der Waals surface area contributed by atoms with Crippen molar-refractivity contribution in [3.05, 3.63) is 54.3 Å². The minimum atomic E-state index is -0.717. The average molecular weight is 349 g/mol. The van der Waals surface area contributed by atoms with Crippen LogP contribution in [0.25, 0.3) is 0 Å². The van der Waals surface area contributed by atoms with Gasteiger partial charge in [-0.2, -0.15) is 0 Å². The van der Waals surface area contributed by atoms with Crippen LogP contribution in [0.15, 0.2) is 48.5 Å². The number of benzene rings is 2. The fraction of sp³-hybridized carbons (Fsp3) is 0.368. The van der Waals surface area contributed by atoms with Crippen LogP contribution in [0.4, 0.5) is 4.39 Å². The number of likely N-dealkylation sites (N-methyl/N-ethyl adjacent to an activating group) is 1. The van der Waals surface area contributed by atoms with E-state index in [1.807, 2.05) is 36.2 Å². The number of hydrogen-bond donors (Lipinski definition) is 1. The van der Waals surface area contributed by atoms with Crippen molar-refractivity contribution >= 4 is 0 Å². The minimum absolute atomic E-state index is 0.0324. The molecule has 1 N–H and O–H groups in total. The fourth-order valence-electron chi connectivity index (χ4n) is 2.24. The summed E-state index contributed by atoms with van der Waals surface area (Å²) in [6.07, 6.45) is -0.717. The number of nitrogens with zero attached hydrogens (tertiary/aromatic N) is 1. The van der Waals surface area contributed by atoms with Gasteiger partial charge in [0.05, 0.1) is 7.11 Å². The van der Waals surface area contributed by atoms with Gasteiger partial charge in [0.25, 0.3) is 0 Å². The van der Waals surface area contributed by atoms with Crippen molar-refractivity contribution in [3.63, 3.8) is 0 Å². The van der Waals surface area contributed by atoms with Crippen molar-refractivity contribution in [2.75, 3.05) is 40.5 Å². The highest BCUT2D eigenvalue weighted by Crippen LogP contribution is 2.17. The van der Waals surface area contributed by atoms with Gasteiger partial charge in [-0.3, -0.25) is 0 Å². The number of aliphatic hydroxyl groups excluding tert-OH is 1. The van der Waals surface area contributed by atoms with Crippen LogP contribution in [0.1, 0.15) is 0 Å². The van der Waals surface area contributed by atoms with Crippen molar-refractivity contribution in [2.24, 2.45) is 0 Å². The van der Waals surface area contributed by atoms with E-state index >= 15 is 0 Å². The number of methoxy groups -OCH3 is 1. The third-order valence-corrected chi connectivity index (χ3v) is 3.59. The molecule has 0 heterocycles. The zero-order chi connectivity index (χ0) is 18.1. The number of rotatable bonds is 10. The van der Waals surface area contributed by atoms with Gasteiger partial charge in [-0.1, -0.05) is 12.1 Å². The largest absolute Gasteiger partial charge is 0.497 e. The Labute approximate surface area is 147 Å². The SMILES string of the molecule is COc1ccc(OCCN(C)CC(O)COc2ccccc2F)cc1. The molecule has 2 rings (SSSR count). The van der Waals surface area contributed by atoms with Crippen LogP contribution in [-0.4, -0.2) is 56.6 Å². The molecule has 0 amide bonds. The Bertz CT molecular complexity index is 636. The van der Waals surface area contributed by atoms with Gasteiger partial charge in [-0.25, -0.2) is 4.39 Å². The van der Waals surface area contributed by atoms with Gasteiger partial charge in [0.15, 0.2) is 11.6 Å². The van der Waals surface area contributed by atoms with E-state index < -0.39 is 11.9 Å². The molecule has 0 radical (unpaired) electrons. The molecule has 0 saturated heterocycles. The molecule has 0 aromatic heterocycles. The lowest BCUT2D eigenvalue weighted by molar-refractivity contribution is 0.0708. The van der Waals surface area contributed by atoms with Gasteiger partial charge < -0.3 is 24.2 Å². The van der Waals surface area contributed by atoms with E-state index in [9.17, 15) is 9.50 Å². The molecule has 0 aliphatic heterocycles. The van der Waals surface area contributed by atoms with Gasteiger partial charge in [0.1, 0.15) is 30.8 Å². The molecule has 0 bridgehead atoms. The zero-order valence-electron chi connectivity index (χ0n) is 14.5. The predicted molar refractivity (Wildman–Crippen MR) is 93.9 cm³/mol. The lowest BCUT2D eigenvalue weighted by atomic mass is 10.3. The number of para-hydroxylation sites is 1. The van der Waals surface area contributed by atoms with Crippen LogP contribution in [-0.2, 0) is 0 Å². The van der Waals surface area contributed by atoms with Crippen molar-refractivity contribution in [2.45, 2.75) is 6.10 Å². The topological polar surface area (TPSA) is 51.2 Å². The van der Waals surface area contributed by atoms with E-state index in [-0.39, 0.29) is 12.4 Å². The van der Waals surface area contributed by atoms with Crippen LogP contribution >= 0.6 is 0 Å². The minimum Gasteiger partial charge on any atom is -0.497 e. The fourth-order valence-corrected chi connectivity index (χ4v) is 2.24. The molecule has 1 unspecified atom stereocenters. The Balaban J connectivity index is 1.65. The van der Waals surface area contributed by atoms with Gasteiger partial charge in [0.2, 0.25) is 0 Å². The highest BCUT2D eigenvalue weighted by molar-refractivity contribution is 5.31. The lowest BCUT2D eigenvalue weighted by Crippen LogP contribution is -2.35. The molecule has 0 saturated carbocycles. The van der Waals surface area contributed by atoms with Crippen molar-refractivity contribution < 1.29 is 23.7 Å².